The van der Waals surface area contributed by atoms with E-state index in [-0.39, 0.29) is 11.6 Å². The van der Waals surface area contributed by atoms with Crippen molar-refractivity contribution in [1.82, 2.24) is 10.6 Å². The molecule has 1 atom stereocenters. The lowest BCUT2D eigenvalue weighted by atomic mass is 10.2. The number of hydrogen-bond donors (Lipinski definition) is 2. The van der Waals surface area contributed by atoms with E-state index in [2.05, 4.69) is 10.6 Å². The van der Waals surface area contributed by atoms with Gasteiger partial charge in [0.2, 0.25) is 0 Å². The zero-order valence-corrected chi connectivity index (χ0v) is 13.2. The number of amides is 2. The molecule has 0 saturated heterocycles. The van der Waals surface area contributed by atoms with Crippen molar-refractivity contribution in [2.45, 2.75) is 32.7 Å². The van der Waals surface area contributed by atoms with Gasteiger partial charge in [-0.25, -0.2) is 4.39 Å². The highest BCUT2D eigenvalue weighted by Gasteiger charge is 2.14. The lowest BCUT2D eigenvalue weighted by molar-refractivity contribution is -0.147. The monoisotopic (exact) mass is 324 g/mol. The summed E-state index contributed by atoms with van der Waals surface area (Å²) in [6.07, 6.45) is 1.77. The molecule has 0 saturated carbocycles. The Labute approximate surface area is 134 Å². The quantitative estimate of drug-likeness (QED) is 0.708. The summed E-state index contributed by atoms with van der Waals surface area (Å²) in [5.41, 5.74) is -0.161. The minimum atomic E-state index is -0.770. The van der Waals surface area contributed by atoms with Gasteiger partial charge >= 0.3 is 5.97 Å². The third kappa shape index (κ3) is 6.90. The molecule has 6 nitrogen and oxygen atoms in total. The van der Waals surface area contributed by atoms with Crippen LogP contribution < -0.4 is 10.6 Å². The van der Waals surface area contributed by atoms with Crippen molar-refractivity contribution in [2.24, 2.45) is 0 Å². The Morgan fingerprint density at radius 3 is 2.61 bits per heavy atom. The second-order valence-corrected chi connectivity index (χ2v) is 5.08. The zero-order chi connectivity index (χ0) is 17.2. The molecule has 0 bridgehead atoms. The minimum absolute atomic E-state index is 0.00645. The van der Waals surface area contributed by atoms with Gasteiger partial charge in [-0.05, 0) is 25.5 Å². The maximum Gasteiger partial charge on any atom is 0.325 e. The third-order valence-electron chi connectivity index (χ3n) is 3.01. The second-order valence-electron chi connectivity index (χ2n) is 5.08. The van der Waals surface area contributed by atoms with Crippen molar-refractivity contribution < 1.29 is 23.5 Å². The predicted molar refractivity (Wildman–Crippen MR) is 82.2 cm³/mol. The van der Waals surface area contributed by atoms with Gasteiger partial charge in [0.1, 0.15) is 12.4 Å². The molecule has 1 unspecified atom stereocenters. The second kappa shape index (κ2) is 9.55. The Morgan fingerprint density at radius 2 is 1.96 bits per heavy atom. The summed E-state index contributed by atoms with van der Waals surface area (Å²) in [6, 6.07) is 5.43. The molecule has 0 aliphatic heterocycles. The number of benzene rings is 1. The highest BCUT2D eigenvalue weighted by atomic mass is 19.1. The summed E-state index contributed by atoms with van der Waals surface area (Å²) >= 11 is 0. The molecule has 0 heterocycles. The SMILES string of the molecule is CCCC(C)NC(=O)COC(=O)CNC(=O)c1ccccc1F. The number of esters is 1. The summed E-state index contributed by atoms with van der Waals surface area (Å²) in [4.78, 5) is 34.7. The van der Waals surface area contributed by atoms with E-state index < -0.39 is 36.8 Å². The van der Waals surface area contributed by atoms with Crippen molar-refractivity contribution in [1.29, 1.82) is 0 Å². The van der Waals surface area contributed by atoms with Crippen molar-refractivity contribution in [3.8, 4) is 0 Å². The molecule has 126 valence electrons. The minimum Gasteiger partial charge on any atom is -0.454 e. The summed E-state index contributed by atoms with van der Waals surface area (Å²) in [5.74, 6) is -2.57. The molecule has 0 aliphatic carbocycles. The van der Waals surface area contributed by atoms with Crippen molar-refractivity contribution in [3.05, 3.63) is 35.6 Å². The lowest BCUT2D eigenvalue weighted by Crippen LogP contribution is -2.37. The molecule has 0 aromatic heterocycles. The van der Waals surface area contributed by atoms with Gasteiger partial charge < -0.3 is 15.4 Å². The van der Waals surface area contributed by atoms with Crippen LogP contribution in [0.25, 0.3) is 0 Å². The Balaban J connectivity index is 2.31. The standard InChI is InChI=1S/C16H21FN2O4/c1-3-6-11(2)19-14(20)10-23-15(21)9-18-16(22)12-7-4-5-8-13(12)17/h4-5,7-8,11H,3,6,9-10H2,1-2H3,(H,18,22)(H,19,20). The van der Waals surface area contributed by atoms with Crippen LogP contribution in [0, 0.1) is 5.82 Å². The van der Waals surface area contributed by atoms with Gasteiger partial charge in [-0.2, -0.15) is 0 Å². The maximum absolute atomic E-state index is 13.4. The molecular formula is C16H21FN2O4. The van der Waals surface area contributed by atoms with E-state index in [1.807, 2.05) is 13.8 Å². The highest BCUT2D eigenvalue weighted by Crippen LogP contribution is 2.05. The van der Waals surface area contributed by atoms with Crippen molar-refractivity contribution in [2.75, 3.05) is 13.2 Å². The number of nitrogens with one attached hydrogen (secondary N) is 2. The molecule has 1 aromatic rings. The van der Waals surface area contributed by atoms with E-state index in [9.17, 15) is 18.8 Å². The molecule has 1 rings (SSSR count). The number of ether oxygens (including phenoxy) is 1. The third-order valence-corrected chi connectivity index (χ3v) is 3.01. The molecule has 1 aromatic carbocycles. The zero-order valence-electron chi connectivity index (χ0n) is 13.2. The molecule has 2 amide bonds. The number of halogens is 1. The predicted octanol–water partition coefficient (Wildman–Crippen LogP) is 1.40. The summed E-state index contributed by atoms with van der Waals surface area (Å²) in [6.45, 7) is 3.01. The topological polar surface area (TPSA) is 84.5 Å². The van der Waals surface area contributed by atoms with Crippen LogP contribution in [0.3, 0.4) is 0 Å². The van der Waals surface area contributed by atoms with Crippen LogP contribution in [0.5, 0.6) is 0 Å². The molecule has 0 aliphatic rings. The van der Waals surface area contributed by atoms with E-state index in [4.69, 9.17) is 4.74 Å². The van der Waals surface area contributed by atoms with Gasteiger partial charge in [0.15, 0.2) is 6.61 Å². The normalized spacial score (nSPS) is 11.4. The summed E-state index contributed by atoms with van der Waals surface area (Å²) in [7, 11) is 0. The van der Waals surface area contributed by atoms with Crippen molar-refractivity contribution in [3.63, 3.8) is 0 Å². The molecule has 0 fully saturated rings. The number of rotatable bonds is 8. The largest absolute Gasteiger partial charge is 0.454 e. The van der Waals surface area contributed by atoms with Crippen LogP contribution in [-0.4, -0.2) is 37.0 Å². The summed E-state index contributed by atoms with van der Waals surface area (Å²) in [5, 5.41) is 4.92. The van der Waals surface area contributed by atoms with Crippen LogP contribution in [0.2, 0.25) is 0 Å². The van der Waals surface area contributed by atoms with E-state index >= 15 is 0 Å². The molecule has 7 heteroatoms. The maximum atomic E-state index is 13.4. The first-order valence-corrected chi connectivity index (χ1v) is 7.41. The van der Waals surface area contributed by atoms with E-state index in [0.717, 1.165) is 18.9 Å². The van der Waals surface area contributed by atoms with Crippen LogP contribution in [0.4, 0.5) is 4.39 Å². The van der Waals surface area contributed by atoms with Crippen LogP contribution in [0.15, 0.2) is 24.3 Å². The van der Waals surface area contributed by atoms with Gasteiger partial charge in [0.05, 0.1) is 5.56 Å². The van der Waals surface area contributed by atoms with E-state index in [0.29, 0.717) is 0 Å². The van der Waals surface area contributed by atoms with Crippen molar-refractivity contribution >= 4 is 17.8 Å². The molecule has 0 spiro atoms. The molecular weight excluding hydrogens is 303 g/mol. The summed E-state index contributed by atoms with van der Waals surface area (Å²) < 4.78 is 18.1. The van der Waals surface area contributed by atoms with Gasteiger partial charge in [-0.1, -0.05) is 25.5 Å². The lowest BCUT2D eigenvalue weighted by Gasteiger charge is -2.12. The first kappa shape index (κ1) is 18.6. The number of hydrogen-bond acceptors (Lipinski definition) is 4. The first-order chi connectivity index (χ1) is 10.9. The average molecular weight is 324 g/mol. The van der Waals surface area contributed by atoms with Gasteiger partial charge in [-0.15, -0.1) is 0 Å². The van der Waals surface area contributed by atoms with Gasteiger partial charge in [0, 0.05) is 6.04 Å². The first-order valence-electron chi connectivity index (χ1n) is 7.41. The molecule has 0 radical (unpaired) electrons. The smallest absolute Gasteiger partial charge is 0.325 e. The van der Waals surface area contributed by atoms with Crippen LogP contribution >= 0.6 is 0 Å². The fourth-order valence-corrected chi connectivity index (χ4v) is 1.91. The average Bonchev–Trinajstić information content (AvgIpc) is 2.51. The Bertz CT molecular complexity index is 563. The van der Waals surface area contributed by atoms with Crippen LogP contribution in [0.1, 0.15) is 37.0 Å². The number of carbonyl (C=O) groups is 3. The Kier molecular flexibility index (Phi) is 7.73. The van der Waals surface area contributed by atoms with Gasteiger partial charge in [-0.3, -0.25) is 14.4 Å². The Hall–Kier alpha value is -2.44. The molecule has 2 N–H and O–H groups in total. The van der Waals surface area contributed by atoms with E-state index in [1.54, 1.807) is 0 Å². The number of carbonyl (C=O) groups excluding carboxylic acids is 3. The molecule has 23 heavy (non-hydrogen) atoms. The van der Waals surface area contributed by atoms with E-state index in [1.165, 1.54) is 18.2 Å². The highest BCUT2D eigenvalue weighted by molar-refractivity contribution is 5.96. The Morgan fingerprint density at radius 1 is 1.26 bits per heavy atom. The van der Waals surface area contributed by atoms with Gasteiger partial charge in [0.25, 0.3) is 11.8 Å². The fourth-order valence-electron chi connectivity index (χ4n) is 1.91. The fraction of sp³-hybridized carbons (Fsp3) is 0.438. The van der Waals surface area contributed by atoms with Crippen LogP contribution in [-0.2, 0) is 14.3 Å².